The van der Waals surface area contributed by atoms with Crippen LogP contribution in [0.15, 0.2) is 11.1 Å². The van der Waals surface area contributed by atoms with Crippen molar-refractivity contribution in [2.24, 2.45) is 11.8 Å². The Kier molecular flexibility index (Phi) is 5.41. The molecule has 5 heteroatoms. The van der Waals surface area contributed by atoms with Gasteiger partial charge in [0.1, 0.15) is 12.1 Å². The van der Waals surface area contributed by atoms with E-state index in [0.29, 0.717) is 6.54 Å². The van der Waals surface area contributed by atoms with E-state index in [1.807, 2.05) is 34.6 Å². The minimum absolute atomic E-state index is 0.0221. The van der Waals surface area contributed by atoms with Gasteiger partial charge in [0.2, 0.25) is 11.8 Å². The molecule has 2 unspecified atom stereocenters. The first-order valence-corrected chi connectivity index (χ1v) is 7.10. The average molecular weight is 287 g/mol. The quantitative estimate of drug-likeness (QED) is 0.861. The number of nitrogens with zero attached hydrogens (tertiary/aromatic N) is 1. The molecule has 0 aliphatic carbocycles. The van der Waals surface area contributed by atoms with E-state index in [-0.39, 0.29) is 23.7 Å². The van der Waals surface area contributed by atoms with Crippen molar-refractivity contribution in [3.63, 3.8) is 0 Å². The Morgan fingerprint density at radius 2 is 1.89 bits per heavy atom. The van der Waals surface area contributed by atoms with Gasteiger partial charge in [-0.3, -0.25) is 9.59 Å². The summed E-state index contributed by atoms with van der Waals surface area (Å²) in [6, 6.07) is -0.861. The van der Waals surface area contributed by atoms with Gasteiger partial charge in [0, 0.05) is 12.1 Å². The zero-order valence-corrected chi connectivity index (χ0v) is 13.0. The van der Waals surface area contributed by atoms with Crippen LogP contribution in [-0.2, 0) is 9.59 Å². The molecule has 108 valence electrons. The summed E-state index contributed by atoms with van der Waals surface area (Å²) in [7, 11) is 0. The molecule has 1 saturated heterocycles. The first kappa shape index (κ1) is 16.0. The summed E-state index contributed by atoms with van der Waals surface area (Å²) in [4.78, 5) is 26.4. The van der Waals surface area contributed by atoms with Crippen molar-refractivity contribution in [3.8, 4) is 0 Å². The molecule has 1 fully saturated rings. The second-order valence-electron chi connectivity index (χ2n) is 5.84. The molecule has 0 aromatic rings. The minimum Gasteiger partial charge on any atom is -0.342 e. The van der Waals surface area contributed by atoms with E-state index >= 15 is 0 Å². The molecule has 0 saturated carbocycles. The van der Waals surface area contributed by atoms with Gasteiger partial charge in [-0.2, -0.15) is 0 Å². The van der Waals surface area contributed by atoms with Crippen molar-refractivity contribution >= 4 is 23.4 Å². The lowest BCUT2D eigenvalue weighted by Crippen LogP contribution is -2.66. The fraction of sp³-hybridized carbons (Fsp3) is 0.714. The van der Waals surface area contributed by atoms with Gasteiger partial charge >= 0.3 is 0 Å². The highest BCUT2D eigenvalue weighted by Gasteiger charge is 2.42. The lowest BCUT2D eigenvalue weighted by atomic mass is 9.92. The Hall–Kier alpha value is -1.03. The van der Waals surface area contributed by atoms with Crippen LogP contribution in [0.25, 0.3) is 0 Å². The van der Waals surface area contributed by atoms with Gasteiger partial charge in [-0.15, -0.1) is 0 Å². The Balaban J connectivity index is 3.06. The van der Waals surface area contributed by atoms with E-state index < -0.39 is 12.1 Å². The van der Waals surface area contributed by atoms with Crippen LogP contribution in [0.2, 0.25) is 0 Å². The molecule has 4 nitrogen and oxygen atoms in total. The number of hydrogen-bond donors (Lipinski definition) is 1. The Morgan fingerprint density at radius 3 is 2.32 bits per heavy atom. The van der Waals surface area contributed by atoms with Crippen LogP contribution in [-0.4, -0.2) is 35.3 Å². The van der Waals surface area contributed by atoms with Crippen LogP contribution in [0.5, 0.6) is 0 Å². The highest BCUT2D eigenvalue weighted by molar-refractivity contribution is 6.25. The Labute approximate surface area is 120 Å². The van der Waals surface area contributed by atoms with Crippen molar-refractivity contribution in [1.82, 2.24) is 10.2 Å². The van der Waals surface area contributed by atoms with Gasteiger partial charge in [-0.1, -0.05) is 39.3 Å². The van der Waals surface area contributed by atoms with E-state index in [1.165, 1.54) is 5.54 Å². The van der Waals surface area contributed by atoms with Gasteiger partial charge in [0.05, 0.1) is 0 Å². The van der Waals surface area contributed by atoms with E-state index in [0.717, 1.165) is 5.57 Å². The van der Waals surface area contributed by atoms with Crippen LogP contribution in [0.1, 0.15) is 34.6 Å². The summed E-state index contributed by atoms with van der Waals surface area (Å²) in [5.41, 5.74) is 2.33. The molecular weight excluding hydrogens is 264 g/mol. The first-order chi connectivity index (χ1) is 8.79. The smallest absolute Gasteiger partial charge is 0.246 e. The van der Waals surface area contributed by atoms with Crippen LogP contribution in [0.3, 0.4) is 0 Å². The lowest BCUT2D eigenvalue weighted by molar-refractivity contribution is -0.151. The van der Waals surface area contributed by atoms with Crippen LogP contribution >= 0.6 is 11.6 Å². The minimum atomic E-state index is -0.439. The van der Waals surface area contributed by atoms with E-state index in [9.17, 15) is 9.59 Å². The lowest BCUT2D eigenvalue weighted by Gasteiger charge is -2.42. The number of nitrogens with one attached hydrogen (secondary N) is 1. The van der Waals surface area contributed by atoms with Crippen molar-refractivity contribution in [2.45, 2.75) is 46.7 Å². The molecule has 2 atom stereocenters. The largest absolute Gasteiger partial charge is 0.342 e. The second-order valence-corrected chi connectivity index (χ2v) is 6.06. The molecule has 1 aliphatic heterocycles. The molecule has 2 amide bonds. The number of rotatable bonds is 4. The number of carbonyl (C=O) groups excluding carboxylic acids is 2. The number of hydrogen-bond acceptors (Lipinski definition) is 2. The van der Waals surface area contributed by atoms with Gasteiger partial charge in [-0.05, 0) is 24.3 Å². The molecule has 0 spiro atoms. The topological polar surface area (TPSA) is 49.4 Å². The van der Waals surface area contributed by atoms with Crippen molar-refractivity contribution in [1.29, 1.82) is 0 Å². The molecule has 1 aliphatic rings. The maximum atomic E-state index is 12.5. The zero-order chi connectivity index (χ0) is 14.7. The average Bonchev–Trinajstić information content (AvgIpc) is 2.32. The molecule has 1 N–H and O–H groups in total. The standard InChI is InChI=1S/C14H23ClN2O2/c1-8(2)11-14(19)17(7-10(5)6-15)12(9(3)4)13(18)16-11/h6,8-9,11-12H,7H2,1-5H3,(H,16,18). The summed E-state index contributed by atoms with van der Waals surface area (Å²) in [6.45, 7) is 10.0. The second kappa shape index (κ2) is 6.42. The SMILES string of the molecule is CC(=CCl)CN1C(=O)C(C(C)C)NC(=O)C1C(C)C. The highest BCUT2D eigenvalue weighted by Crippen LogP contribution is 2.21. The van der Waals surface area contributed by atoms with Crippen LogP contribution in [0, 0.1) is 11.8 Å². The van der Waals surface area contributed by atoms with Crippen molar-refractivity contribution in [3.05, 3.63) is 11.1 Å². The number of halogens is 1. The third-order valence-electron chi connectivity index (χ3n) is 3.36. The predicted molar refractivity (Wildman–Crippen MR) is 76.7 cm³/mol. The molecule has 0 aromatic heterocycles. The predicted octanol–water partition coefficient (Wildman–Crippen LogP) is 2.14. The van der Waals surface area contributed by atoms with Gasteiger partial charge in [-0.25, -0.2) is 0 Å². The van der Waals surface area contributed by atoms with Gasteiger partial charge in [0.15, 0.2) is 0 Å². The monoisotopic (exact) mass is 286 g/mol. The van der Waals surface area contributed by atoms with Gasteiger partial charge in [0.25, 0.3) is 0 Å². The normalized spacial score (nSPS) is 25.3. The fourth-order valence-corrected chi connectivity index (χ4v) is 2.42. The maximum Gasteiger partial charge on any atom is 0.246 e. The molecule has 1 rings (SSSR count). The molecule has 0 radical (unpaired) electrons. The maximum absolute atomic E-state index is 12.5. The Morgan fingerprint density at radius 1 is 1.32 bits per heavy atom. The van der Waals surface area contributed by atoms with Crippen molar-refractivity contribution < 1.29 is 9.59 Å². The zero-order valence-electron chi connectivity index (χ0n) is 12.2. The number of carbonyl (C=O) groups is 2. The first-order valence-electron chi connectivity index (χ1n) is 6.66. The van der Waals surface area contributed by atoms with E-state index in [2.05, 4.69) is 5.32 Å². The third-order valence-corrected chi connectivity index (χ3v) is 3.73. The summed E-state index contributed by atoms with van der Waals surface area (Å²) in [6.07, 6.45) is 0. The number of piperazine rings is 1. The van der Waals surface area contributed by atoms with E-state index in [4.69, 9.17) is 11.6 Å². The summed E-state index contributed by atoms with van der Waals surface area (Å²) < 4.78 is 0. The summed E-state index contributed by atoms with van der Waals surface area (Å²) in [5.74, 6) is 0.0503. The number of amides is 2. The molecule has 0 aromatic carbocycles. The Bertz CT molecular complexity index is 391. The van der Waals surface area contributed by atoms with Crippen LogP contribution < -0.4 is 5.32 Å². The van der Waals surface area contributed by atoms with E-state index in [1.54, 1.807) is 4.90 Å². The van der Waals surface area contributed by atoms with Crippen LogP contribution in [0.4, 0.5) is 0 Å². The third kappa shape index (κ3) is 3.50. The fourth-order valence-electron chi connectivity index (χ4n) is 2.35. The molecule has 0 bridgehead atoms. The highest BCUT2D eigenvalue weighted by atomic mass is 35.5. The van der Waals surface area contributed by atoms with Crippen molar-refractivity contribution in [2.75, 3.05) is 6.54 Å². The molecule has 1 heterocycles. The summed E-state index contributed by atoms with van der Waals surface area (Å²) >= 11 is 5.68. The van der Waals surface area contributed by atoms with Gasteiger partial charge < -0.3 is 10.2 Å². The summed E-state index contributed by atoms with van der Waals surface area (Å²) in [5, 5.41) is 2.84. The molecule has 19 heavy (non-hydrogen) atoms. The molecular formula is C14H23ClN2O2.